The number of nitrogens with zero attached hydrogens (tertiary/aromatic N) is 2. The lowest BCUT2D eigenvalue weighted by molar-refractivity contribution is 0.353. The Morgan fingerprint density at radius 2 is 2.11 bits per heavy atom. The molecule has 0 aliphatic heterocycles. The van der Waals surface area contributed by atoms with Gasteiger partial charge in [0.1, 0.15) is 6.61 Å². The lowest BCUT2D eigenvalue weighted by Gasteiger charge is -2.09. The Hall–Kier alpha value is -2.10. The van der Waals surface area contributed by atoms with Crippen molar-refractivity contribution in [3.63, 3.8) is 0 Å². The van der Waals surface area contributed by atoms with E-state index < -0.39 is 0 Å². The van der Waals surface area contributed by atoms with Crippen LogP contribution in [-0.4, -0.2) is 23.1 Å². The lowest BCUT2D eigenvalue weighted by atomic mass is 10.2. The Labute approximate surface area is 107 Å². The van der Waals surface area contributed by atoms with Gasteiger partial charge in [0.05, 0.1) is 10.9 Å². The largest absolute Gasteiger partial charge is 0.473 e. The second-order valence-corrected chi connectivity index (χ2v) is 3.78. The highest BCUT2D eigenvalue weighted by molar-refractivity contribution is 5.84. The van der Waals surface area contributed by atoms with Crippen LogP contribution in [0.15, 0.2) is 36.4 Å². The summed E-state index contributed by atoms with van der Waals surface area (Å²) in [5.41, 5.74) is 0.888. The van der Waals surface area contributed by atoms with Crippen LogP contribution < -0.4 is 10.1 Å². The van der Waals surface area contributed by atoms with Gasteiger partial charge in [-0.2, -0.15) is 4.98 Å². The molecule has 0 bridgehead atoms. The van der Waals surface area contributed by atoms with Crippen LogP contribution in [0.5, 0.6) is 5.88 Å². The fourth-order valence-electron chi connectivity index (χ4n) is 1.62. The molecule has 2 rings (SSSR count). The van der Waals surface area contributed by atoms with Crippen molar-refractivity contribution in [1.82, 2.24) is 9.97 Å². The molecule has 0 atom stereocenters. The van der Waals surface area contributed by atoms with E-state index in [-0.39, 0.29) is 0 Å². The summed E-state index contributed by atoms with van der Waals surface area (Å²) in [7, 11) is 0. The maximum atomic E-state index is 5.67. The minimum Gasteiger partial charge on any atom is -0.473 e. The van der Waals surface area contributed by atoms with Crippen molar-refractivity contribution in [2.24, 2.45) is 0 Å². The van der Waals surface area contributed by atoms with Gasteiger partial charge in [0.15, 0.2) is 0 Å². The van der Waals surface area contributed by atoms with Gasteiger partial charge in [0.2, 0.25) is 11.8 Å². The molecule has 1 N–H and O–H groups in total. The molecule has 1 aromatic heterocycles. The normalized spacial score (nSPS) is 11.0. The molecule has 18 heavy (non-hydrogen) atoms. The molecule has 0 saturated heterocycles. The van der Waals surface area contributed by atoms with Gasteiger partial charge in [-0.15, -0.1) is 0 Å². The number of para-hydroxylation sites is 1. The molecule has 0 amide bonds. The van der Waals surface area contributed by atoms with E-state index in [0.29, 0.717) is 18.4 Å². The molecule has 4 heteroatoms. The highest BCUT2D eigenvalue weighted by Crippen LogP contribution is 2.23. The van der Waals surface area contributed by atoms with Crippen molar-refractivity contribution in [2.45, 2.75) is 13.8 Å². The highest BCUT2D eigenvalue weighted by atomic mass is 16.5. The predicted octanol–water partition coefficient (Wildman–Crippen LogP) is 3.02. The van der Waals surface area contributed by atoms with Crippen molar-refractivity contribution in [1.29, 1.82) is 0 Å². The fraction of sp³-hybridized carbons (Fsp3) is 0.286. The van der Waals surface area contributed by atoms with Gasteiger partial charge < -0.3 is 10.1 Å². The Morgan fingerprint density at radius 3 is 2.89 bits per heavy atom. The number of hydrogen-bond donors (Lipinski definition) is 1. The number of aromatic nitrogens is 2. The van der Waals surface area contributed by atoms with Gasteiger partial charge in [0.25, 0.3) is 0 Å². The summed E-state index contributed by atoms with van der Waals surface area (Å²) in [5, 5.41) is 4.04. The molecular formula is C14H17N3O. The molecule has 1 aromatic carbocycles. The highest BCUT2D eigenvalue weighted by Gasteiger charge is 2.07. The first kappa shape index (κ1) is 12.4. The Bertz CT molecular complexity index is 552. The van der Waals surface area contributed by atoms with E-state index in [1.807, 2.05) is 50.3 Å². The molecule has 4 nitrogen and oxygen atoms in total. The molecule has 0 unspecified atom stereocenters. The van der Waals surface area contributed by atoms with E-state index >= 15 is 0 Å². The van der Waals surface area contributed by atoms with Crippen LogP contribution in [0.25, 0.3) is 10.9 Å². The molecule has 1 heterocycles. The quantitative estimate of drug-likeness (QED) is 0.820. The zero-order chi connectivity index (χ0) is 12.8. The van der Waals surface area contributed by atoms with Gasteiger partial charge >= 0.3 is 0 Å². The molecule has 0 saturated carbocycles. The monoisotopic (exact) mass is 243 g/mol. The van der Waals surface area contributed by atoms with E-state index in [2.05, 4.69) is 15.3 Å². The number of nitrogens with one attached hydrogen (secondary N) is 1. The van der Waals surface area contributed by atoms with Gasteiger partial charge in [0, 0.05) is 6.54 Å². The lowest BCUT2D eigenvalue weighted by Crippen LogP contribution is -2.05. The first-order valence-corrected chi connectivity index (χ1v) is 6.09. The summed E-state index contributed by atoms with van der Waals surface area (Å²) in [6.45, 7) is 5.28. The smallest absolute Gasteiger partial charge is 0.226 e. The Balaban J connectivity index is 2.39. The maximum absolute atomic E-state index is 5.67. The van der Waals surface area contributed by atoms with Crippen LogP contribution in [0.2, 0.25) is 0 Å². The molecule has 0 fully saturated rings. The molecular weight excluding hydrogens is 226 g/mol. The number of fused-ring (bicyclic) bond motifs is 1. The summed E-state index contributed by atoms with van der Waals surface area (Å²) < 4.78 is 5.67. The summed E-state index contributed by atoms with van der Waals surface area (Å²) in [6, 6.07) is 7.85. The fourth-order valence-corrected chi connectivity index (χ4v) is 1.62. The van der Waals surface area contributed by atoms with Gasteiger partial charge in [-0.25, -0.2) is 4.98 Å². The maximum Gasteiger partial charge on any atom is 0.226 e. The van der Waals surface area contributed by atoms with Crippen molar-refractivity contribution < 1.29 is 4.74 Å². The third-order valence-electron chi connectivity index (χ3n) is 2.46. The van der Waals surface area contributed by atoms with Crippen molar-refractivity contribution in [3.05, 3.63) is 36.4 Å². The van der Waals surface area contributed by atoms with Gasteiger partial charge in [-0.1, -0.05) is 24.3 Å². The molecule has 0 spiro atoms. The zero-order valence-corrected chi connectivity index (χ0v) is 10.7. The van der Waals surface area contributed by atoms with Crippen LogP contribution in [0.3, 0.4) is 0 Å². The van der Waals surface area contributed by atoms with E-state index in [4.69, 9.17) is 4.74 Å². The van der Waals surface area contributed by atoms with E-state index in [9.17, 15) is 0 Å². The molecule has 94 valence electrons. The van der Waals surface area contributed by atoms with Gasteiger partial charge in [-0.3, -0.25) is 0 Å². The summed E-state index contributed by atoms with van der Waals surface area (Å²) in [5.74, 6) is 1.22. The third-order valence-corrected chi connectivity index (χ3v) is 2.46. The predicted molar refractivity (Wildman–Crippen MR) is 74.0 cm³/mol. The molecule has 2 aromatic rings. The Morgan fingerprint density at radius 1 is 1.28 bits per heavy atom. The average Bonchev–Trinajstić information content (AvgIpc) is 2.39. The van der Waals surface area contributed by atoms with Crippen molar-refractivity contribution in [3.8, 4) is 5.88 Å². The van der Waals surface area contributed by atoms with Crippen LogP contribution in [0, 0.1) is 0 Å². The van der Waals surface area contributed by atoms with Crippen LogP contribution >= 0.6 is 0 Å². The number of anilines is 1. The first-order valence-electron chi connectivity index (χ1n) is 6.09. The summed E-state index contributed by atoms with van der Waals surface area (Å²) in [4.78, 5) is 8.82. The zero-order valence-electron chi connectivity index (χ0n) is 10.7. The van der Waals surface area contributed by atoms with E-state index in [0.717, 1.165) is 17.4 Å². The van der Waals surface area contributed by atoms with Crippen molar-refractivity contribution >= 4 is 16.9 Å². The molecule has 0 radical (unpaired) electrons. The number of allylic oxidation sites excluding steroid dienone is 1. The average molecular weight is 243 g/mol. The van der Waals surface area contributed by atoms with Crippen LogP contribution in [0.4, 0.5) is 5.95 Å². The third kappa shape index (κ3) is 2.77. The topological polar surface area (TPSA) is 47.0 Å². The Kier molecular flexibility index (Phi) is 4.12. The molecule has 0 aliphatic rings. The number of ether oxygens (including phenoxy) is 1. The second-order valence-electron chi connectivity index (χ2n) is 3.78. The van der Waals surface area contributed by atoms with Gasteiger partial charge in [-0.05, 0) is 26.0 Å². The summed E-state index contributed by atoms with van der Waals surface area (Å²) >= 11 is 0. The van der Waals surface area contributed by atoms with Crippen LogP contribution in [-0.2, 0) is 0 Å². The SMILES string of the molecule is C/C=C/COc1nc(NCC)nc2ccccc12. The standard InChI is InChI=1S/C14H17N3O/c1-3-5-10-18-13-11-8-6-7-9-12(11)16-14(17-13)15-4-2/h3,5-9H,4,10H2,1-2H3,(H,15,16,17)/b5-3+. The summed E-state index contributed by atoms with van der Waals surface area (Å²) in [6.07, 6.45) is 3.90. The van der Waals surface area contributed by atoms with Crippen LogP contribution in [0.1, 0.15) is 13.8 Å². The van der Waals surface area contributed by atoms with Crippen molar-refractivity contribution in [2.75, 3.05) is 18.5 Å². The minimum atomic E-state index is 0.517. The minimum absolute atomic E-state index is 0.517. The molecule has 0 aliphatic carbocycles. The number of hydrogen-bond acceptors (Lipinski definition) is 4. The van der Waals surface area contributed by atoms with E-state index in [1.165, 1.54) is 0 Å². The number of benzene rings is 1. The number of rotatable bonds is 5. The first-order chi connectivity index (χ1) is 8.85. The van der Waals surface area contributed by atoms with E-state index in [1.54, 1.807) is 0 Å². The second kappa shape index (κ2) is 6.00.